The first-order valence-corrected chi connectivity index (χ1v) is 6.77. The van der Waals surface area contributed by atoms with E-state index in [4.69, 9.17) is 5.26 Å². The summed E-state index contributed by atoms with van der Waals surface area (Å²) in [6.07, 6.45) is 4.79. The van der Waals surface area contributed by atoms with Gasteiger partial charge in [-0.15, -0.1) is 0 Å². The molecule has 1 aromatic carbocycles. The Labute approximate surface area is 112 Å². The molecular formula is C15H18F2N2. The van der Waals surface area contributed by atoms with Crippen LogP contribution in [0.25, 0.3) is 0 Å². The third-order valence-electron chi connectivity index (χ3n) is 3.67. The Morgan fingerprint density at radius 2 is 1.84 bits per heavy atom. The first-order valence-electron chi connectivity index (χ1n) is 6.77. The van der Waals surface area contributed by atoms with E-state index in [1.54, 1.807) is 0 Å². The number of nitrogens with zero attached hydrogens (tertiary/aromatic N) is 1. The molecule has 1 fully saturated rings. The van der Waals surface area contributed by atoms with Gasteiger partial charge in [-0.25, -0.2) is 8.78 Å². The minimum Gasteiger partial charge on any atom is -0.312 e. The highest BCUT2D eigenvalue weighted by atomic mass is 19.1. The molecule has 2 unspecified atom stereocenters. The van der Waals surface area contributed by atoms with Gasteiger partial charge in [0.05, 0.1) is 12.0 Å². The summed E-state index contributed by atoms with van der Waals surface area (Å²) in [5.41, 5.74) is 0.648. The maximum Gasteiger partial charge on any atom is 0.126 e. The van der Waals surface area contributed by atoms with Crippen LogP contribution in [-0.4, -0.2) is 12.6 Å². The molecule has 0 spiro atoms. The van der Waals surface area contributed by atoms with Gasteiger partial charge >= 0.3 is 0 Å². The molecule has 1 aliphatic carbocycles. The predicted molar refractivity (Wildman–Crippen MR) is 69.4 cm³/mol. The average molecular weight is 264 g/mol. The highest BCUT2D eigenvalue weighted by Gasteiger charge is 2.23. The molecule has 0 aliphatic heterocycles. The summed E-state index contributed by atoms with van der Waals surface area (Å²) in [6, 6.07) is 6.15. The zero-order valence-electron chi connectivity index (χ0n) is 10.8. The SMILES string of the molecule is N#CC1CCCCC1NCCc1cc(F)cc(F)c1. The van der Waals surface area contributed by atoms with Crippen LogP contribution in [0, 0.1) is 28.9 Å². The Kier molecular flexibility index (Phi) is 4.86. The van der Waals surface area contributed by atoms with E-state index >= 15 is 0 Å². The van der Waals surface area contributed by atoms with Gasteiger partial charge in [0.2, 0.25) is 0 Å². The summed E-state index contributed by atoms with van der Waals surface area (Å²) >= 11 is 0. The van der Waals surface area contributed by atoms with E-state index in [1.807, 2.05) is 0 Å². The Morgan fingerprint density at radius 3 is 2.53 bits per heavy atom. The average Bonchev–Trinajstić information content (AvgIpc) is 2.38. The smallest absolute Gasteiger partial charge is 0.126 e. The summed E-state index contributed by atoms with van der Waals surface area (Å²) in [4.78, 5) is 0. The topological polar surface area (TPSA) is 35.8 Å². The van der Waals surface area contributed by atoms with Crippen molar-refractivity contribution in [2.75, 3.05) is 6.54 Å². The molecule has 4 heteroatoms. The van der Waals surface area contributed by atoms with Crippen LogP contribution in [0.1, 0.15) is 31.2 Å². The van der Waals surface area contributed by atoms with E-state index in [9.17, 15) is 8.78 Å². The molecule has 2 rings (SSSR count). The van der Waals surface area contributed by atoms with Crippen LogP contribution in [0.5, 0.6) is 0 Å². The van der Waals surface area contributed by atoms with E-state index in [0.717, 1.165) is 31.7 Å². The van der Waals surface area contributed by atoms with Crippen LogP contribution >= 0.6 is 0 Å². The van der Waals surface area contributed by atoms with E-state index < -0.39 is 11.6 Å². The maximum atomic E-state index is 13.0. The van der Waals surface area contributed by atoms with Crippen molar-refractivity contribution in [3.63, 3.8) is 0 Å². The van der Waals surface area contributed by atoms with Crippen molar-refractivity contribution in [1.82, 2.24) is 5.32 Å². The number of benzene rings is 1. The van der Waals surface area contributed by atoms with Gasteiger partial charge in [0, 0.05) is 12.1 Å². The van der Waals surface area contributed by atoms with E-state index in [1.165, 1.54) is 12.1 Å². The fourth-order valence-corrected chi connectivity index (χ4v) is 2.69. The molecular weight excluding hydrogens is 246 g/mol. The minimum atomic E-state index is -0.539. The van der Waals surface area contributed by atoms with Crippen molar-refractivity contribution in [2.24, 2.45) is 5.92 Å². The van der Waals surface area contributed by atoms with Crippen LogP contribution in [0.2, 0.25) is 0 Å². The highest BCUT2D eigenvalue weighted by molar-refractivity contribution is 5.18. The molecule has 1 aliphatic rings. The monoisotopic (exact) mass is 264 g/mol. The molecule has 19 heavy (non-hydrogen) atoms. The summed E-state index contributed by atoms with van der Waals surface area (Å²) in [5, 5.41) is 12.4. The van der Waals surface area contributed by atoms with Gasteiger partial charge in [-0.3, -0.25) is 0 Å². The second-order valence-electron chi connectivity index (χ2n) is 5.11. The molecule has 0 heterocycles. The molecule has 1 aromatic rings. The molecule has 1 N–H and O–H groups in total. The van der Waals surface area contributed by atoms with Crippen LogP contribution < -0.4 is 5.32 Å². The lowest BCUT2D eigenvalue weighted by molar-refractivity contribution is 0.314. The first kappa shape index (κ1) is 14.0. The van der Waals surface area contributed by atoms with Crippen molar-refractivity contribution in [1.29, 1.82) is 5.26 Å². The van der Waals surface area contributed by atoms with Gasteiger partial charge in [-0.05, 0) is 43.5 Å². The van der Waals surface area contributed by atoms with Gasteiger partial charge in [0.15, 0.2) is 0 Å². The number of rotatable bonds is 4. The molecule has 2 atom stereocenters. The largest absolute Gasteiger partial charge is 0.312 e. The van der Waals surface area contributed by atoms with E-state index in [2.05, 4.69) is 11.4 Å². The van der Waals surface area contributed by atoms with Crippen LogP contribution in [0.3, 0.4) is 0 Å². The molecule has 102 valence electrons. The summed E-state index contributed by atoms with van der Waals surface area (Å²) in [6.45, 7) is 0.645. The van der Waals surface area contributed by atoms with Crippen molar-refractivity contribution in [3.05, 3.63) is 35.4 Å². The lowest BCUT2D eigenvalue weighted by atomic mass is 9.85. The highest BCUT2D eigenvalue weighted by Crippen LogP contribution is 2.23. The summed E-state index contributed by atoms with van der Waals surface area (Å²) < 4.78 is 26.0. The van der Waals surface area contributed by atoms with Gasteiger partial charge in [0.1, 0.15) is 11.6 Å². The van der Waals surface area contributed by atoms with Crippen LogP contribution in [0.15, 0.2) is 18.2 Å². The molecule has 0 amide bonds. The minimum absolute atomic E-state index is 0.0676. The zero-order chi connectivity index (χ0) is 13.7. The second-order valence-corrected chi connectivity index (χ2v) is 5.11. The molecule has 2 nitrogen and oxygen atoms in total. The fraction of sp³-hybridized carbons (Fsp3) is 0.533. The van der Waals surface area contributed by atoms with Crippen molar-refractivity contribution < 1.29 is 8.78 Å². The van der Waals surface area contributed by atoms with E-state index in [0.29, 0.717) is 18.5 Å². The lowest BCUT2D eigenvalue weighted by Crippen LogP contribution is -2.38. The predicted octanol–water partition coefficient (Wildman–Crippen LogP) is 3.18. The molecule has 0 bridgehead atoms. The Hall–Kier alpha value is -1.47. The van der Waals surface area contributed by atoms with Crippen molar-refractivity contribution in [3.8, 4) is 6.07 Å². The number of nitrogens with one attached hydrogen (secondary N) is 1. The van der Waals surface area contributed by atoms with Gasteiger partial charge in [0.25, 0.3) is 0 Å². The molecule has 0 radical (unpaired) electrons. The molecule has 0 saturated heterocycles. The normalized spacial score (nSPS) is 23.0. The molecule has 0 aromatic heterocycles. The van der Waals surface area contributed by atoms with Gasteiger partial charge in [-0.2, -0.15) is 5.26 Å². The summed E-state index contributed by atoms with van der Waals surface area (Å²) in [7, 11) is 0. The number of halogens is 2. The number of nitriles is 1. The third-order valence-corrected chi connectivity index (χ3v) is 3.67. The number of hydrogen-bond donors (Lipinski definition) is 1. The second kappa shape index (κ2) is 6.63. The van der Waals surface area contributed by atoms with Crippen molar-refractivity contribution in [2.45, 2.75) is 38.1 Å². The Morgan fingerprint density at radius 1 is 1.16 bits per heavy atom. The quantitative estimate of drug-likeness (QED) is 0.906. The Bertz CT molecular complexity index is 447. The van der Waals surface area contributed by atoms with Gasteiger partial charge < -0.3 is 5.32 Å². The third kappa shape index (κ3) is 4.00. The lowest BCUT2D eigenvalue weighted by Gasteiger charge is -2.27. The fourth-order valence-electron chi connectivity index (χ4n) is 2.69. The standard InChI is InChI=1S/C15H18F2N2/c16-13-7-11(8-14(17)9-13)5-6-19-15-4-2-1-3-12(15)10-18/h7-9,12,15,19H,1-6H2. The van der Waals surface area contributed by atoms with Crippen LogP contribution in [-0.2, 0) is 6.42 Å². The Balaban J connectivity index is 1.84. The number of hydrogen-bond acceptors (Lipinski definition) is 2. The van der Waals surface area contributed by atoms with Gasteiger partial charge in [-0.1, -0.05) is 12.8 Å². The first-order chi connectivity index (χ1) is 9.19. The maximum absolute atomic E-state index is 13.0. The van der Waals surface area contributed by atoms with E-state index in [-0.39, 0.29) is 12.0 Å². The zero-order valence-corrected chi connectivity index (χ0v) is 10.8. The molecule has 1 saturated carbocycles. The van der Waals surface area contributed by atoms with Crippen LogP contribution in [0.4, 0.5) is 8.78 Å². The summed E-state index contributed by atoms with van der Waals surface area (Å²) in [5.74, 6) is -1.01. The van der Waals surface area contributed by atoms with Crippen molar-refractivity contribution >= 4 is 0 Å².